The molecule has 15 atom stereocenters. The lowest BCUT2D eigenvalue weighted by molar-refractivity contribution is -0.381. The van der Waals surface area contributed by atoms with E-state index in [-0.39, 0.29) is 79.3 Å². The van der Waals surface area contributed by atoms with E-state index >= 15 is 0 Å². The van der Waals surface area contributed by atoms with Gasteiger partial charge in [-0.25, -0.2) is 0 Å². The van der Waals surface area contributed by atoms with Crippen molar-refractivity contribution in [1.29, 1.82) is 0 Å². The molecule has 0 aromatic heterocycles. The van der Waals surface area contributed by atoms with Gasteiger partial charge in [0.1, 0.15) is 73.2 Å². The lowest BCUT2D eigenvalue weighted by atomic mass is 9.95. The molecule has 3 fully saturated rings. The molecule has 3 aliphatic heterocycles. The Hall–Kier alpha value is -8.44. The molecule has 10 aromatic carbocycles. The second-order valence-electron chi connectivity index (χ2n) is 26.2. The Morgan fingerprint density at radius 3 is 0.740 bits per heavy atom. The van der Waals surface area contributed by atoms with E-state index in [2.05, 4.69) is 0 Å². The fourth-order valence-electron chi connectivity index (χ4n) is 13.2. The van der Waals surface area contributed by atoms with Crippen molar-refractivity contribution >= 4 is 0 Å². The zero-order chi connectivity index (χ0) is 70.6. The third-order valence-electron chi connectivity index (χ3n) is 18.6. The van der Waals surface area contributed by atoms with Crippen molar-refractivity contribution in [2.24, 2.45) is 0 Å². The van der Waals surface area contributed by atoms with Gasteiger partial charge in [0, 0.05) is 0 Å². The van der Waals surface area contributed by atoms with Crippen LogP contribution in [0.15, 0.2) is 303 Å². The maximum Gasteiger partial charge on any atom is 0.187 e. The van der Waals surface area contributed by atoms with Crippen molar-refractivity contribution in [2.75, 3.05) is 19.8 Å². The number of hydrogen-bond acceptors (Lipinski definition) is 16. The van der Waals surface area contributed by atoms with E-state index in [4.69, 9.17) is 71.1 Å². The van der Waals surface area contributed by atoms with Crippen LogP contribution in [0.4, 0.5) is 0 Å². The minimum Gasteiger partial charge on any atom is -0.374 e. The molecule has 3 heterocycles. The quantitative estimate of drug-likeness (QED) is 0.0392. The summed E-state index contributed by atoms with van der Waals surface area (Å²) in [7, 11) is 0. The highest BCUT2D eigenvalue weighted by Gasteiger charge is 2.56. The van der Waals surface area contributed by atoms with Gasteiger partial charge < -0.3 is 76.2 Å². The van der Waals surface area contributed by atoms with E-state index in [0.717, 1.165) is 55.6 Å². The predicted octanol–water partition coefficient (Wildman–Crippen LogP) is 14.7. The lowest BCUT2D eigenvalue weighted by Gasteiger charge is -2.50. The van der Waals surface area contributed by atoms with Crippen LogP contribution >= 0.6 is 0 Å². The van der Waals surface area contributed by atoms with Crippen LogP contribution in [0.2, 0.25) is 0 Å². The van der Waals surface area contributed by atoms with Crippen LogP contribution in [0.3, 0.4) is 0 Å². The number of hydrogen-bond donors (Lipinski definition) is 1. The van der Waals surface area contributed by atoms with Gasteiger partial charge in [-0.3, -0.25) is 0 Å². The zero-order valence-electron chi connectivity index (χ0n) is 58.3. The van der Waals surface area contributed by atoms with Gasteiger partial charge in [0.05, 0.1) is 85.9 Å². The van der Waals surface area contributed by atoms with Gasteiger partial charge in [-0.2, -0.15) is 0 Å². The molecule has 3 saturated heterocycles. The first-order chi connectivity index (χ1) is 51.5. The Kier molecular flexibility index (Phi) is 28.1. The molecule has 104 heavy (non-hydrogen) atoms. The monoisotopic (exact) mass is 1400 g/mol. The average molecular weight is 1410 g/mol. The van der Waals surface area contributed by atoms with E-state index in [0.29, 0.717) is 6.61 Å². The van der Waals surface area contributed by atoms with Gasteiger partial charge in [0.15, 0.2) is 18.9 Å². The first-order valence-corrected chi connectivity index (χ1v) is 35.9. The first-order valence-electron chi connectivity index (χ1n) is 35.9. The maximum atomic E-state index is 12.4. The molecule has 10 aromatic rings. The summed E-state index contributed by atoms with van der Waals surface area (Å²) in [5.41, 5.74) is 9.28. The van der Waals surface area contributed by atoms with Crippen molar-refractivity contribution in [3.63, 3.8) is 0 Å². The average Bonchev–Trinajstić information content (AvgIpc) is 0.770. The SMILES string of the molecule is O[C@H]1O[C@H](CO[C@@H]2O[C@H](COCc3ccccc3)[C@@H](O[C@@H]3O[C@H](COCc4ccccc4)[C@H](OCc4ccccc4)[C@H](OCc4ccccc4)[C@H]3OCc3ccccc3)[C@H](OCc3ccccc3)[C@H]2OCc2ccccc2)[C@@H](OCc2ccccc2)[C@H](OCc2ccccc2)[C@H]1OCc1ccccc1. The molecule has 0 unspecified atom stereocenters. The highest BCUT2D eigenvalue weighted by Crippen LogP contribution is 2.39. The van der Waals surface area contributed by atoms with E-state index in [9.17, 15) is 5.11 Å². The summed E-state index contributed by atoms with van der Waals surface area (Å²) in [5, 5.41) is 12.4. The third kappa shape index (κ3) is 21.6. The minimum absolute atomic E-state index is 0.0318. The van der Waals surface area contributed by atoms with Gasteiger partial charge >= 0.3 is 0 Å². The van der Waals surface area contributed by atoms with Gasteiger partial charge in [-0.05, 0) is 55.6 Å². The van der Waals surface area contributed by atoms with Gasteiger partial charge in [-0.15, -0.1) is 0 Å². The van der Waals surface area contributed by atoms with Crippen LogP contribution < -0.4 is 0 Å². The summed E-state index contributed by atoms with van der Waals surface area (Å²) in [6.45, 7) is 1.71. The summed E-state index contributed by atoms with van der Waals surface area (Å²) in [6, 6.07) is 99.5. The summed E-state index contributed by atoms with van der Waals surface area (Å²) < 4.78 is 107. The molecular formula is C88H92O16. The number of benzene rings is 10. The fraction of sp³-hybridized carbons (Fsp3) is 0.318. The first kappa shape index (κ1) is 73.9. The summed E-state index contributed by atoms with van der Waals surface area (Å²) in [5.74, 6) is 0. The Balaban J connectivity index is 0.892. The molecule has 16 nitrogen and oxygen atoms in total. The molecule has 0 spiro atoms. The van der Waals surface area contributed by atoms with Crippen molar-refractivity contribution in [3.05, 3.63) is 359 Å². The zero-order valence-corrected chi connectivity index (χ0v) is 58.3. The highest BCUT2D eigenvalue weighted by molar-refractivity contribution is 5.21. The Morgan fingerprint density at radius 2 is 0.423 bits per heavy atom. The number of ether oxygens (including phenoxy) is 15. The Labute approximate surface area is 610 Å². The normalized spacial score (nSPS) is 24.8. The fourth-order valence-corrected chi connectivity index (χ4v) is 13.2. The molecular weight excluding hydrogens is 1310 g/mol. The predicted molar refractivity (Wildman–Crippen MR) is 391 cm³/mol. The van der Waals surface area contributed by atoms with Crippen LogP contribution in [0, 0.1) is 0 Å². The Bertz CT molecular complexity index is 3960. The van der Waals surface area contributed by atoms with Gasteiger partial charge in [0.25, 0.3) is 0 Å². The van der Waals surface area contributed by atoms with E-state index in [1.165, 1.54) is 0 Å². The Morgan fingerprint density at radius 1 is 0.202 bits per heavy atom. The standard InChI is InChI=1S/C88H92O16/c89-86-83(97-58-71-45-25-8-26-46-71)80(94-55-68-39-19-5-20-40-68)78(93-54-67-37-17-4-18-38-67)76(101-86)63-100-87-84(98-59-72-47-27-9-28-48-72)82(96-57-70-43-23-7-24-44-70)79(75(102-87)62-91-52-65-33-13-2-14-34-65)104-88-85(99-60-73-49-29-10-30-50-73)81(95-56-69-41-21-6-22-42-69)77(92-53-66-35-15-3-16-36-66)74(103-88)61-90-51-64-31-11-1-12-32-64/h1-50,74-89H,51-63H2/t74-,75-,76-,77+,78-,79-,80+,81+,82+,83-,84-,85-,86+,87-,88+/m1/s1. The second-order valence-corrected chi connectivity index (χ2v) is 26.2. The van der Waals surface area contributed by atoms with Crippen LogP contribution in [0.5, 0.6) is 0 Å². The van der Waals surface area contributed by atoms with Crippen molar-refractivity contribution in [1.82, 2.24) is 0 Å². The smallest absolute Gasteiger partial charge is 0.187 e. The van der Waals surface area contributed by atoms with E-state index in [1.807, 2.05) is 303 Å². The molecule has 0 radical (unpaired) electrons. The molecule has 0 bridgehead atoms. The van der Waals surface area contributed by atoms with Crippen molar-refractivity contribution < 1.29 is 76.2 Å². The number of rotatable bonds is 37. The molecule has 3 aliphatic rings. The van der Waals surface area contributed by atoms with Crippen molar-refractivity contribution in [3.8, 4) is 0 Å². The highest BCUT2D eigenvalue weighted by atomic mass is 16.8. The van der Waals surface area contributed by atoms with Crippen molar-refractivity contribution in [2.45, 2.75) is 158 Å². The van der Waals surface area contributed by atoms with Crippen LogP contribution in [0.25, 0.3) is 0 Å². The lowest BCUT2D eigenvalue weighted by Crippen LogP contribution is -2.67. The van der Waals surface area contributed by atoms with Crippen LogP contribution in [-0.2, 0) is 137 Å². The molecule has 13 rings (SSSR count). The molecule has 0 aliphatic carbocycles. The van der Waals surface area contributed by atoms with Crippen LogP contribution in [-0.4, -0.2) is 117 Å². The summed E-state index contributed by atoms with van der Waals surface area (Å²) in [6.07, 6.45) is -15.3. The van der Waals surface area contributed by atoms with Gasteiger partial charge in [-0.1, -0.05) is 303 Å². The molecule has 0 amide bonds. The van der Waals surface area contributed by atoms with Gasteiger partial charge in [0.2, 0.25) is 0 Å². The largest absolute Gasteiger partial charge is 0.374 e. The molecule has 1 N–H and O–H groups in total. The topological polar surface area (TPSA) is 159 Å². The van der Waals surface area contributed by atoms with E-state index < -0.39 is 92.1 Å². The molecule has 0 saturated carbocycles. The number of aliphatic hydroxyl groups excluding tert-OH is 1. The molecule has 16 heteroatoms. The maximum absolute atomic E-state index is 12.4. The van der Waals surface area contributed by atoms with E-state index in [1.54, 1.807) is 0 Å². The third-order valence-corrected chi connectivity index (χ3v) is 18.6. The second kappa shape index (κ2) is 39.6. The number of aliphatic hydroxyl groups is 1. The summed E-state index contributed by atoms with van der Waals surface area (Å²) in [4.78, 5) is 0. The minimum atomic E-state index is -1.50. The van der Waals surface area contributed by atoms with Crippen LogP contribution in [0.1, 0.15) is 55.6 Å². The summed E-state index contributed by atoms with van der Waals surface area (Å²) >= 11 is 0. The molecule has 540 valence electrons.